The lowest BCUT2D eigenvalue weighted by Crippen LogP contribution is -2.31. The summed E-state index contributed by atoms with van der Waals surface area (Å²) in [5, 5.41) is 14.8. The molecule has 0 heterocycles. The van der Waals surface area contributed by atoms with E-state index in [9.17, 15) is 4.79 Å². The summed E-state index contributed by atoms with van der Waals surface area (Å²) in [6.45, 7) is 1.75. The van der Waals surface area contributed by atoms with Crippen molar-refractivity contribution < 1.29 is 14.3 Å². The molecule has 0 unspecified atom stereocenters. The van der Waals surface area contributed by atoms with E-state index in [1.165, 1.54) is 0 Å². The Morgan fingerprint density at radius 3 is 2.50 bits per heavy atom. The van der Waals surface area contributed by atoms with Crippen molar-refractivity contribution in [3.63, 3.8) is 0 Å². The van der Waals surface area contributed by atoms with Gasteiger partial charge in [-0.25, -0.2) is 0 Å². The molecule has 0 bridgehead atoms. The molecular formula is C18H19N3O3. The van der Waals surface area contributed by atoms with Gasteiger partial charge in [-0.2, -0.15) is 5.26 Å². The third-order valence-electron chi connectivity index (χ3n) is 3.42. The lowest BCUT2D eigenvalue weighted by atomic mass is 10.2. The third kappa shape index (κ3) is 4.17. The van der Waals surface area contributed by atoms with Gasteiger partial charge in [0.1, 0.15) is 6.04 Å². The molecule has 0 saturated carbocycles. The zero-order valence-electron chi connectivity index (χ0n) is 13.8. The van der Waals surface area contributed by atoms with Gasteiger partial charge in [0.05, 0.1) is 25.9 Å². The van der Waals surface area contributed by atoms with Crippen LogP contribution in [0.1, 0.15) is 12.5 Å². The maximum Gasteiger partial charge on any atom is 0.246 e. The van der Waals surface area contributed by atoms with Crippen LogP contribution >= 0.6 is 0 Å². The van der Waals surface area contributed by atoms with Gasteiger partial charge >= 0.3 is 0 Å². The van der Waals surface area contributed by atoms with Crippen molar-refractivity contribution in [2.75, 3.05) is 24.9 Å². The van der Waals surface area contributed by atoms with Crippen LogP contribution in [0.5, 0.6) is 11.5 Å². The number of nitrogens with zero attached hydrogens (tertiary/aromatic N) is 1. The smallest absolute Gasteiger partial charge is 0.246 e. The molecule has 2 rings (SSSR count). The van der Waals surface area contributed by atoms with Crippen LogP contribution < -0.4 is 20.1 Å². The second-order valence-corrected chi connectivity index (χ2v) is 5.12. The van der Waals surface area contributed by atoms with E-state index in [2.05, 4.69) is 10.6 Å². The van der Waals surface area contributed by atoms with Gasteiger partial charge in [-0.3, -0.25) is 4.79 Å². The van der Waals surface area contributed by atoms with Gasteiger partial charge in [0.15, 0.2) is 11.5 Å². The molecule has 2 N–H and O–H groups in total. The highest BCUT2D eigenvalue weighted by Crippen LogP contribution is 2.30. The monoisotopic (exact) mass is 325 g/mol. The Morgan fingerprint density at radius 1 is 1.08 bits per heavy atom. The Labute approximate surface area is 141 Å². The van der Waals surface area contributed by atoms with Gasteiger partial charge in [-0.15, -0.1) is 0 Å². The topological polar surface area (TPSA) is 83.4 Å². The number of nitrogens with one attached hydrogen (secondary N) is 2. The molecule has 2 aromatic carbocycles. The molecule has 0 aliphatic heterocycles. The molecule has 24 heavy (non-hydrogen) atoms. The van der Waals surface area contributed by atoms with Crippen molar-refractivity contribution in [2.24, 2.45) is 0 Å². The summed E-state index contributed by atoms with van der Waals surface area (Å²) >= 11 is 0. The summed E-state index contributed by atoms with van der Waals surface area (Å²) in [4.78, 5) is 12.3. The molecule has 0 aliphatic rings. The Kier molecular flexibility index (Phi) is 5.63. The van der Waals surface area contributed by atoms with Gasteiger partial charge in [-0.05, 0) is 37.3 Å². The molecule has 0 aromatic heterocycles. The van der Waals surface area contributed by atoms with Crippen molar-refractivity contribution in [1.29, 1.82) is 5.26 Å². The quantitative estimate of drug-likeness (QED) is 0.853. The Morgan fingerprint density at radius 2 is 1.83 bits per heavy atom. The number of methoxy groups -OCH3 is 2. The fraction of sp³-hybridized carbons (Fsp3) is 0.222. The largest absolute Gasteiger partial charge is 0.493 e. The van der Waals surface area contributed by atoms with E-state index in [0.717, 1.165) is 5.69 Å². The summed E-state index contributed by atoms with van der Waals surface area (Å²) in [6, 6.07) is 13.7. The second kappa shape index (κ2) is 7.88. The number of anilines is 2. The van der Waals surface area contributed by atoms with Crippen LogP contribution in [0.2, 0.25) is 0 Å². The highest BCUT2D eigenvalue weighted by Gasteiger charge is 2.14. The summed E-state index contributed by atoms with van der Waals surface area (Å²) in [6.07, 6.45) is 0. The lowest BCUT2D eigenvalue weighted by Gasteiger charge is -2.17. The Hall–Kier alpha value is -3.20. The number of carbonyl (C=O) groups is 1. The fourth-order valence-electron chi connectivity index (χ4n) is 2.16. The lowest BCUT2D eigenvalue weighted by molar-refractivity contribution is -0.116. The molecule has 0 fully saturated rings. The second-order valence-electron chi connectivity index (χ2n) is 5.12. The first-order valence-electron chi connectivity index (χ1n) is 7.37. The van der Waals surface area contributed by atoms with Crippen LogP contribution in [-0.2, 0) is 4.79 Å². The summed E-state index contributed by atoms with van der Waals surface area (Å²) < 4.78 is 10.4. The Balaban J connectivity index is 2.04. The number of ether oxygens (including phenoxy) is 2. The maximum absolute atomic E-state index is 12.3. The third-order valence-corrected chi connectivity index (χ3v) is 3.42. The molecule has 0 spiro atoms. The molecular weight excluding hydrogens is 306 g/mol. The van der Waals surface area contributed by atoms with E-state index in [-0.39, 0.29) is 5.91 Å². The van der Waals surface area contributed by atoms with E-state index in [0.29, 0.717) is 22.7 Å². The van der Waals surface area contributed by atoms with Crippen LogP contribution in [-0.4, -0.2) is 26.2 Å². The van der Waals surface area contributed by atoms with Crippen molar-refractivity contribution in [3.8, 4) is 17.6 Å². The van der Waals surface area contributed by atoms with Crippen LogP contribution in [0.3, 0.4) is 0 Å². The minimum absolute atomic E-state index is 0.208. The standard InChI is InChI=1S/C18H19N3O3/c1-12(18(22)21-14-6-4-5-13(9-14)11-19)20-15-7-8-16(23-2)17(10-15)24-3/h4-10,12,20H,1-3H3,(H,21,22)/t12-/m1/s1. The predicted octanol–water partition coefficient (Wildman–Crippen LogP) is 3.01. The minimum Gasteiger partial charge on any atom is -0.493 e. The van der Waals surface area contributed by atoms with Crippen molar-refractivity contribution in [3.05, 3.63) is 48.0 Å². The molecule has 1 atom stereocenters. The van der Waals surface area contributed by atoms with Gasteiger partial charge in [0.25, 0.3) is 0 Å². The zero-order valence-corrected chi connectivity index (χ0v) is 13.8. The SMILES string of the molecule is COc1ccc(N[C@H](C)C(=O)Nc2cccc(C#N)c2)cc1OC. The van der Waals surface area contributed by atoms with E-state index in [1.54, 1.807) is 63.6 Å². The average molecular weight is 325 g/mol. The van der Waals surface area contributed by atoms with Crippen molar-refractivity contribution in [2.45, 2.75) is 13.0 Å². The molecule has 2 aromatic rings. The predicted molar refractivity (Wildman–Crippen MR) is 92.4 cm³/mol. The molecule has 0 radical (unpaired) electrons. The number of hydrogen-bond acceptors (Lipinski definition) is 5. The van der Waals surface area contributed by atoms with E-state index >= 15 is 0 Å². The number of hydrogen-bond donors (Lipinski definition) is 2. The Bertz CT molecular complexity index is 768. The number of carbonyl (C=O) groups excluding carboxylic acids is 1. The van der Waals surface area contributed by atoms with E-state index in [4.69, 9.17) is 14.7 Å². The first kappa shape index (κ1) is 17.2. The molecule has 0 aliphatic carbocycles. The first-order chi connectivity index (χ1) is 11.6. The van der Waals surface area contributed by atoms with Crippen LogP contribution in [0.25, 0.3) is 0 Å². The van der Waals surface area contributed by atoms with Crippen LogP contribution in [0.4, 0.5) is 11.4 Å². The van der Waals surface area contributed by atoms with Crippen LogP contribution in [0.15, 0.2) is 42.5 Å². The normalized spacial score (nSPS) is 11.1. The molecule has 6 nitrogen and oxygen atoms in total. The summed E-state index contributed by atoms with van der Waals surface area (Å²) in [5.74, 6) is 0.991. The van der Waals surface area contributed by atoms with Crippen molar-refractivity contribution >= 4 is 17.3 Å². The maximum atomic E-state index is 12.3. The molecule has 6 heteroatoms. The minimum atomic E-state index is -0.478. The molecule has 124 valence electrons. The number of benzene rings is 2. The molecule has 1 amide bonds. The van der Waals surface area contributed by atoms with Gasteiger partial charge in [0.2, 0.25) is 5.91 Å². The number of rotatable bonds is 6. The fourth-order valence-corrected chi connectivity index (χ4v) is 2.16. The highest BCUT2D eigenvalue weighted by atomic mass is 16.5. The summed E-state index contributed by atoms with van der Waals surface area (Å²) in [7, 11) is 3.12. The number of nitriles is 1. The van der Waals surface area contributed by atoms with Gasteiger partial charge in [-0.1, -0.05) is 6.07 Å². The van der Waals surface area contributed by atoms with Crippen LogP contribution in [0, 0.1) is 11.3 Å². The van der Waals surface area contributed by atoms with Gasteiger partial charge < -0.3 is 20.1 Å². The van der Waals surface area contributed by atoms with E-state index < -0.39 is 6.04 Å². The van der Waals surface area contributed by atoms with Gasteiger partial charge in [0, 0.05) is 17.4 Å². The molecule has 0 saturated heterocycles. The summed E-state index contributed by atoms with van der Waals surface area (Å²) in [5.41, 5.74) is 1.81. The zero-order chi connectivity index (χ0) is 17.5. The van der Waals surface area contributed by atoms with E-state index in [1.807, 2.05) is 6.07 Å². The first-order valence-corrected chi connectivity index (χ1v) is 7.37. The number of amides is 1. The highest BCUT2D eigenvalue weighted by molar-refractivity contribution is 5.96. The van der Waals surface area contributed by atoms with Crippen molar-refractivity contribution in [1.82, 2.24) is 0 Å². The average Bonchev–Trinajstić information content (AvgIpc) is 2.61.